The van der Waals surface area contributed by atoms with Gasteiger partial charge in [0.2, 0.25) is 0 Å². The minimum atomic E-state index is -4.30. The monoisotopic (exact) mass is 347 g/mol. The van der Waals surface area contributed by atoms with Crippen molar-refractivity contribution in [3.05, 3.63) is 47.3 Å². The minimum absolute atomic E-state index is 0.142. The highest BCUT2D eigenvalue weighted by atomic mass is 79.9. The molecule has 0 aliphatic heterocycles. The molecule has 0 saturated carbocycles. The summed E-state index contributed by atoms with van der Waals surface area (Å²) in [5.74, 6) is 0. The topological polar surface area (TPSA) is 30.7 Å². The van der Waals surface area contributed by atoms with Gasteiger partial charge in [0.1, 0.15) is 0 Å². The van der Waals surface area contributed by atoms with Gasteiger partial charge in [0.25, 0.3) is 0 Å². The van der Waals surface area contributed by atoms with Gasteiger partial charge in [-0.25, -0.2) is 4.68 Å². The van der Waals surface area contributed by atoms with Crippen molar-refractivity contribution in [1.29, 1.82) is 0 Å². The summed E-state index contributed by atoms with van der Waals surface area (Å²) in [4.78, 5) is 0.142. The van der Waals surface area contributed by atoms with Crippen LogP contribution in [-0.2, 0) is 12.7 Å². The van der Waals surface area contributed by atoms with Gasteiger partial charge in [-0.2, -0.15) is 13.2 Å². The third kappa shape index (κ3) is 3.59. The molecule has 7 heteroatoms. The van der Waals surface area contributed by atoms with E-state index in [0.717, 1.165) is 29.8 Å². The lowest BCUT2D eigenvalue weighted by atomic mass is 10.1. The van der Waals surface area contributed by atoms with Gasteiger partial charge in [-0.05, 0) is 24.1 Å². The van der Waals surface area contributed by atoms with Crippen molar-refractivity contribution in [3.8, 4) is 0 Å². The molecule has 2 aromatic rings. The van der Waals surface area contributed by atoms with Crippen molar-refractivity contribution in [3.63, 3.8) is 0 Å². The summed E-state index contributed by atoms with van der Waals surface area (Å²) in [7, 11) is 0. The number of alkyl halides is 4. The first-order chi connectivity index (χ1) is 9.40. The number of halogens is 4. The number of nitrogens with zero attached hydrogens (tertiary/aromatic N) is 3. The van der Waals surface area contributed by atoms with Crippen LogP contribution in [0.5, 0.6) is 0 Å². The molecular weight excluding hydrogens is 335 g/mol. The van der Waals surface area contributed by atoms with Crippen molar-refractivity contribution in [2.75, 3.05) is 0 Å². The van der Waals surface area contributed by atoms with Crippen LogP contribution in [0.1, 0.15) is 35.0 Å². The number of hydrogen-bond acceptors (Lipinski definition) is 2. The molecule has 0 amide bonds. The van der Waals surface area contributed by atoms with Crippen LogP contribution in [0.4, 0.5) is 13.2 Å². The molecule has 2 rings (SSSR count). The van der Waals surface area contributed by atoms with E-state index in [1.54, 1.807) is 10.9 Å². The summed E-state index contributed by atoms with van der Waals surface area (Å²) in [6, 6.07) is 5.06. The summed E-state index contributed by atoms with van der Waals surface area (Å²) in [6.45, 7) is 2.42. The summed E-state index contributed by atoms with van der Waals surface area (Å²) in [6.07, 6.45) is -1.62. The molecule has 0 bridgehead atoms. The molecule has 0 radical (unpaired) electrons. The average Bonchev–Trinajstić information content (AvgIpc) is 2.86. The maximum Gasteiger partial charge on any atom is 0.416 e. The first-order valence-corrected chi connectivity index (χ1v) is 7.02. The highest BCUT2D eigenvalue weighted by Crippen LogP contribution is 2.29. The summed E-state index contributed by atoms with van der Waals surface area (Å²) in [5, 5.41) is 7.99. The Balaban J connectivity index is 2.08. The molecule has 0 fully saturated rings. The van der Waals surface area contributed by atoms with E-state index in [2.05, 4.69) is 26.2 Å². The van der Waals surface area contributed by atoms with Crippen LogP contribution in [0, 0.1) is 0 Å². The van der Waals surface area contributed by atoms with Crippen molar-refractivity contribution in [2.45, 2.75) is 30.9 Å². The predicted molar refractivity (Wildman–Crippen MR) is 72.5 cm³/mol. The van der Waals surface area contributed by atoms with E-state index >= 15 is 0 Å². The number of benzene rings is 1. The maximum atomic E-state index is 12.4. The number of aromatic nitrogens is 3. The lowest BCUT2D eigenvalue weighted by molar-refractivity contribution is -0.137. The zero-order valence-corrected chi connectivity index (χ0v) is 12.3. The quantitative estimate of drug-likeness (QED) is 0.776. The maximum absolute atomic E-state index is 12.4. The predicted octanol–water partition coefficient (Wildman–Crippen LogP) is 4.19. The molecule has 20 heavy (non-hydrogen) atoms. The second-order valence-electron chi connectivity index (χ2n) is 4.41. The molecule has 0 spiro atoms. The largest absolute Gasteiger partial charge is 0.416 e. The zero-order valence-electron chi connectivity index (χ0n) is 10.7. The fourth-order valence-electron chi connectivity index (χ4n) is 1.73. The normalized spacial score (nSPS) is 13.4. The van der Waals surface area contributed by atoms with E-state index in [-0.39, 0.29) is 4.83 Å². The van der Waals surface area contributed by atoms with Crippen LogP contribution >= 0.6 is 15.9 Å². The lowest BCUT2D eigenvalue weighted by Gasteiger charge is -2.07. The van der Waals surface area contributed by atoms with Crippen molar-refractivity contribution in [1.82, 2.24) is 15.0 Å². The molecule has 108 valence electrons. The smallest absolute Gasteiger partial charge is 0.248 e. The molecule has 1 heterocycles. The van der Waals surface area contributed by atoms with Gasteiger partial charge < -0.3 is 0 Å². The number of rotatable bonds is 4. The van der Waals surface area contributed by atoms with Gasteiger partial charge >= 0.3 is 6.18 Å². The first kappa shape index (κ1) is 15.0. The van der Waals surface area contributed by atoms with Crippen LogP contribution in [-0.4, -0.2) is 15.0 Å². The number of hydrogen-bond donors (Lipinski definition) is 0. The van der Waals surface area contributed by atoms with E-state index in [1.165, 1.54) is 12.1 Å². The van der Waals surface area contributed by atoms with Gasteiger partial charge in [0, 0.05) is 6.20 Å². The van der Waals surface area contributed by atoms with Crippen LogP contribution in [0.2, 0.25) is 0 Å². The average molecular weight is 348 g/mol. The van der Waals surface area contributed by atoms with E-state index in [4.69, 9.17) is 0 Å². The van der Waals surface area contributed by atoms with Crippen molar-refractivity contribution < 1.29 is 13.2 Å². The van der Waals surface area contributed by atoms with E-state index < -0.39 is 11.7 Å². The van der Waals surface area contributed by atoms with Crippen LogP contribution in [0.3, 0.4) is 0 Å². The summed E-state index contributed by atoms with van der Waals surface area (Å²) in [5.41, 5.74) is 0.920. The molecule has 1 aromatic carbocycles. The molecule has 0 aliphatic rings. The Bertz CT molecular complexity index is 563. The van der Waals surface area contributed by atoms with Crippen molar-refractivity contribution in [2.24, 2.45) is 0 Å². The van der Waals surface area contributed by atoms with Crippen LogP contribution < -0.4 is 0 Å². The molecular formula is C13H13BrF3N3. The van der Waals surface area contributed by atoms with E-state index in [9.17, 15) is 13.2 Å². The molecule has 1 atom stereocenters. The summed E-state index contributed by atoms with van der Waals surface area (Å²) < 4.78 is 38.9. The second kappa shape index (κ2) is 5.95. The standard InChI is InChI=1S/C13H13BrF3N3/c1-2-11(14)12-8-20(19-18-12)7-9-3-5-10(6-4-9)13(15,16)17/h3-6,8,11H,2,7H2,1H3. The fourth-order valence-corrected chi connectivity index (χ4v) is 1.94. The lowest BCUT2D eigenvalue weighted by Crippen LogP contribution is -2.05. The van der Waals surface area contributed by atoms with Gasteiger partial charge in [-0.1, -0.05) is 40.2 Å². The highest BCUT2D eigenvalue weighted by Gasteiger charge is 2.29. The Hall–Kier alpha value is -1.37. The molecule has 1 unspecified atom stereocenters. The Morgan fingerprint density at radius 1 is 1.25 bits per heavy atom. The van der Waals surface area contributed by atoms with Gasteiger partial charge in [-0.15, -0.1) is 5.10 Å². The molecule has 3 nitrogen and oxygen atoms in total. The molecule has 0 saturated heterocycles. The SMILES string of the molecule is CCC(Br)c1cn(Cc2ccc(C(F)(F)F)cc2)nn1. The highest BCUT2D eigenvalue weighted by molar-refractivity contribution is 9.09. The molecule has 0 N–H and O–H groups in total. The second-order valence-corrected chi connectivity index (χ2v) is 5.52. The first-order valence-electron chi connectivity index (χ1n) is 6.10. The Kier molecular flexibility index (Phi) is 4.47. The van der Waals surface area contributed by atoms with E-state index in [0.29, 0.717) is 6.54 Å². The Morgan fingerprint density at radius 3 is 2.45 bits per heavy atom. The van der Waals surface area contributed by atoms with Crippen LogP contribution in [0.15, 0.2) is 30.5 Å². The zero-order chi connectivity index (χ0) is 14.8. The third-order valence-corrected chi connectivity index (χ3v) is 3.98. The Labute approximate surface area is 122 Å². The van der Waals surface area contributed by atoms with Crippen molar-refractivity contribution >= 4 is 15.9 Å². The van der Waals surface area contributed by atoms with Gasteiger partial charge in [0.15, 0.2) is 0 Å². The van der Waals surface area contributed by atoms with Gasteiger partial charge in [-0.3, -0.25) is 0 Å². The van der Waals surface area contributed by atoms with Crippen LogP contribution in [0.25, 0.3) is 0 Å². The van der Waals surface area contributed by atoms with Gasteiger partial charge in [0.05, 0.1) is 22.6 Å². The Morgan fingerprint density at radius 2 is 1.90 bits per heavy atom. The molecule has 0 aliphatic carbocycles. The fraction of sp³-hybridized carbons (Fsp3) is 0.385. The summed E-state index contributed by atoms with van der Waals surface area (Å²) >= 11 is 3.47. The molecule has 1 aromatic heterocycles. The third-order valence-electron chi connectivity index (χ3n) is 2.86. The van der Waals surface area contributed by atoms with E-state index in [1.807, 2.05) is 6.92 Å². The minimum Gasteiger partial charge on any atom is -0.248 e.